The van der Waals surface area contributed by atoms with Crippen molar-refractivity contribution in [2.45, 2.75) is 27.7 Å². The predicted molar refractivity (Wildman–Crippen MR) is 114 cm³/mol. The molecule has 1 aliphatic heterocycles. The van der Waals surface area contributed by atoms with Crippen molar-refractivity contribution in [1.82, 2.24) is 0 Å². The molecule has 0 aromatic heterocycles. The summed E-state index contributed by atoms with van der Waals surface area (Å²) < 4.78 is 0. The van der Waals surface area contributed by atoms with Gasteiger partial charge < -0.3 is 4.90 Å². The van der Waals surface area contributed by atoms with E-state index >= 15 is 0 Å². The first-order valence-electron chi connectivity index (χ1n) is 9.47. The molecule has 0 spiro atoms. The summed E-state index contributed by atoms with van der Waals surface area (Å²) in [7, 11) is 0. The van der Waals surface area contributed by atoms with E-state index in [0.29, 0.717) is 22.5 Å². The molecule has 3 rings (SSSR count). The minimum Gasteiger partial charge on any atom is -0.372 e. The zero-order chi connectivity index (χ0) is 20.3. The summed E-state index contributed by atoms with van der Waals surface area (Å²) in [4.78, 5) is 15.3. The van der Waals surface area contributed by atoms with Gasteiger partial charge in [-0.25, -0.2) is 0 Å². The quantitative estimate of drug-likeness (QED) is 0.572. The average molecular weight is 372 g/mol. The van der Waals surface area contributed by atoms with E-state index in [1.807, 2.05) is 49.4 Å². The van der Waals surface area contributed by atoms with Gasteiger partial charge in [0.05, 0.1) is 22.5 Å². The van der Waals surface area contributed by atoms with Gasteiger partial charge in [-0.15, -0.1) is 0 Å². The van der Waals surface area contributed by atoms with Crippen molar-refractivity contribution in [2.24, 2.45) is 5.10 Å². The van der Waals surface area contributed by atoms with E-state index in [1.54, 1.807) is 6.92 Å². The zero-order valence-corrected chi connectivity index (χ0v) is 16.7. The van der Waals surface area contributed by atoms with Crippen LogP contribution in [0.3, 0.4) is 0 Å². The molecule has 28 heavy (non-hydrogen) atoms. The van der Waals surface area contributed by atoms with E-state index in [4.69, 9.17) is 0 Å². The first-order chi connectivity index (χ1) is 13.5. The van der Waals surface area contributed by atoms with E-state index in [2.05, 4.69) is 36.0 Å². The van der Waals surface area contributed by atoms with Gasteiger partial charge in [0.15, 0.2) is 0 Å². The highest BCUT2D eigenvalue weighted by molar-refractivity contribution is 6.34. The molecule has 0 fully saturated rings. The smallest absolute Gasteiger partial charge is 0.281 e. The molecule has 0 atom stereocenters. The third kappa shape index (κ3) is 3.41. The number of rotatable bonds is 5. The molecule has 5 nitrogen and oxygen atoms in total. The standard InChI is InChI=1S/C23H24N4O/c1-5-26(6-2)19-12-13-20(16(3)14-19)21(15-24)22-17(4)25-27(23(22)28)18-10-8-7-9-11-18/h7-14H,5-6H2,1-4H3/b22-21+. The number of aryl methyl sites for hydroxylation is 1. The van der Waals surface area contributed by atoms with Crippen LogP contribution in [0.4, 0.5) is 11.4 Å². The minimum atomic E-state index is -0.271. The number of anilines is 2. The second-order valence-electron chi connectivity index (χ2n) is 6.67. The first-order valence-corrected chi connectivity index (χ1v) is 9.47. The van der Waals surface area contributed by atoms with Gasteiger partial charge in [0.1, 0.15) is 6.07 Å². The highest BCUT2D eigenvalue weighted by Crippen LogP contribution is 2.31. The Bertz CT molecular complexity index is 995. The fourth-order valence-corrected chi connectivity index (χ4v) is 3.50. The number of carbonyl (C=O) groups is 1. The molecule has 142 valence electrons. The molecule has 2 aromatic carbocycles. The molecular formula is C23H24N4O. The molecule has 1 aliphatic rings. The number of carbonyl (C=O) groups excluding carboxylic acids is 1. The molecule has 5 heteroatoms. The number of nitriles is 1. The Balaban J connectivity index is 2.06. The normalized spacial score (nSPS) is 15.3. The van der Waals surface area contributed by atoms with Crippen molar-refractivity contribution in [3.63, 3.8) is 0 Å². The largest absolute Gasteiger partial charge is 0.372 e. The number of allylic oxidation sites excluding steroid dienone is 1. The number of hydrazone groups is 1. The summed E-state index contributed by atoms with van der Waals surface area (Å²) in [6.07, 6.45) is 0. The number of nitrogens with zero attached hydrogens (tertiary/aromatic N) is 4. The Morgan fingerprint density at radius 2 is 1.79 bits per heavy atom. The van der Waals surface area contributed by atoms with Crippen LogP contribution in [0, 0.1) is 18.3 Å². The highest BCUT2D eigenvalue weighted by Gasteiger charge is 2.32. The lowest BCUT2D eigenvalue weighted by atomic mass is 9.94. The van der Waals surface area contributed by atoms with Crippen molar-refractivity contribution in [2.75, 3.05) is 23.0 Å². The van der Waals surface area contributed by atoms with Gasteiger partial charge in [-0.1, -0.05) is 24.3 Å². The maximum Gasteiger partial charge on any atom is 0.281 e. The molecular weight excluding hydrogens is 348 g/mol. The second kappa shape index (κ2) is 8.10. The third-order valence-corrected chi connectivity index (χ3v) is 4.99. The van der Waals surface area contributed by atoms with Gasteiger partial charge in [-0.3, -0.25) is 4.79 Å². The average Bonchev–Trinajstić information content (AvgIpc) is 3.00. The van der Waals surface area contributed by atoms with Crippen molar-refractivity contribution < 1.29 is 4.79 Å². The minimum absolute atomic E-state index is 0.271. The number of hydrogen-bond acceptors (Lipinski definition) is 4. The van der Waals surface area contributed by atoms with Crippen LogP contribution in [0.2, 0.25) is 0 Å². The lowest BCUT2D eigenvalue weighted by Gasteiger charge is -2.22. The van der Waals surface area contributed by atoms with E-state index in [1.165, 1.54) is 5.01 Å². The number of hydrogen-bond donors (Lipinski definition) is 0. The molecule has 0 saturated carbocycles. The van der Waals surface area contributed by atoms with Gasteiger partial charge in [0.2, 0.25) is 0 Å². The first kappa shape index (κ1) is 19.4. The van der Waals surface area contributed by atoms with Gasteiger partial charge in [0, 0.05) is 18.8 Å². The maximum absolute atomic E-state index is 13.1. The van der Waals surface area contributed by atoms with Crippen LogP contribution in [-0.2, 0) is 4.79 Å². The molecule has 0 radical (unpaired) electrons. The summed E-state index contributed by atoms with van der Waals surface area (Å²) in [5.74, 6) is -0.271. The number of para-hydroxylation sites is 1. The molecule has 1 amide bonds. The fraction of sp³-hybridized carbons (Fsp3) is 0.261. The Kier molecular flexibility index (Phi) is 5.60. The monoisotopic (exact) mass is 372 g/mol. The SMILES string of the molecule is CCN(CC)c1ccc(/C(C#N)=C2/C(=O)N(c3ccccc3)N=C2C)c(C)c1. The number of benzene rings is 2. The van der Waals surface area contributed by atoms with Crippen molar-refractivity contribution in [1.29, 1.82) is 5.26 Å². The van der Waals surface area contributed by atoms with Gasteiger partial charge in [-0.2, -0.15) is 15.4 Å². The molecule has 2 aromatic rings. The predicted octanol–water partition coefficient (Wildman–Crippen LogP) is 4.54. The van der Waals surface area contributed by atoms with Crippen molar-refractivity contribution in [3.8, 4) is 6.07 Å². The Labute approximate surface area is 166 Å². The Morgan fingerprint density at radius 1 is 1.11 bits per heavy atom. The topological polar surface area (TPSA) is 59.7 Å². The summed E-state index contributed by atoms with van der Waals surface area (Å²) in [5.41, 5.74) is 4.82. The Morgan fingerprint density at radius 3 is 2.36 bits per heavy atom. The summed E-state index contributed by atoms with van der Waals surface area (Å²) >= 11 is 0. The van der Waals surface area contributed by atoms with Crippen LogP contribution >= 0.6 is 0 Å². The highest BCUT2D eigenvalue weighted by atomic mass is 16.2. The zero-order valence-electron chi connectivity index (χ0n) is 16.7. The summed E-state index contributed by atoms with van der Waals surface area (Å²) in [6.45, 7) is 9.80. The summed E-state index contributed by atoms with van der Waals surface area (Å²) in [5, 5.41) is 15.6. The van der Waals surface area contributed by atoms with Crippen LogP contribution in [0.15, 0.2) is 59.2 Å². The molecule has 1 heterocycles. The van der Waals surface area contributed by atoms with Gasteiger partial charge in [-0.05, 0) is 63.1 Å². The van der Waals surface area contributed by atoms with Crippen LogP contribution < -0.4 is 9.91 Å². The van der Waals surface area contributed by atoms with Crippen LogP contribution in [0.1, 0.15) is 31.9 Å². The van der Waals surface area contributed by atoms with E-state index in [0.717, 1.165) is 29.9 Å². The second-order valence-corrected chi connectivity index (χ2v) is 6.67. The molecule has 0 aliphatic carbocycles. The van der Waals surface area contributed by atoms with E-state index in [9.17, 15) is 10.1 Å². The van der Waals surface area contributed by atoms with E-state index in [-0.39, 0.29) is 5.91 Å². The lowest BCUT2D eigenvalue weighted by Crippen LogP contribution is -2.22. The Hall–Kier alpha value is -3.39. The van der Waals surface area contributed by atoms with Crippen LogP contribution in [-0.4, -0.2) is 24.7 Å². The molecule has 0 unspecified atom stereocenters. The molecule has 0 N–H and O–H groups in total. The van der Waals surface area contributed by atoms with Gasteiger partial charge in [0.25, 0.3) is 5.91 Å². The van der Waals surface area contributed by atoms with Crippen LogP contribution in [0.25, 0.3) is 5.57 Å². The fourth-order valence-electron chi connectivity index (χ4n) is 3.50. The third-order valence-electron chi connectivity index (χ3n) is 4.99. The molecule has 0 saturated heterocycles. The van der Waals surface area contributed by atoms with E-state index < -0.39 is 0 Å². The number of amides is 1. The van der Waals surface area contributed by atoms with Crippen molar-refractivity contribution in [3.05, 3.63) is 65.2 Å². The van der Waals surface area contributed by atoms with Crippen LogP contribution in [0.5, 0.6) is 0 Å². The maximum atomic E-state index is 13.1. The molecule has 0 bridgehead atoms. The van der Waals surface area contributed by atoms with Crippen molar-refractivity contribution >= 4 is 28.6 Å². The van der Waals surface area contributed by atoms with Gasteiger partial charge >= 0.3 is 0 Å². The lowest BCUT2D eigenvalue weighted by molar-refractivity contribution is -0.114. The summed E-state index contributed by atoms with van der Waals surface area (Å²) in [6, 6.07) is 17.5.